The molecule has 1 aliphatic heterocycles. The molecule has 0 bridgehead atoms. The summed E-state index contributed by atoms with van der Waals surface area (Å²) in [5, 5.41) is 0. The standard InChI is InChI=1S/C16H23N5/c1-3-4-5-16-18-9-14(20-16)11-21-7-6-15-13(10-21)8-17-12(2)19-15/h8-9H,3-7,10-11H2,1-2H3,(H,18,20). The quantitative estimate of drug-likeness (QED) is 0.916. The first-order chi connectivity index (χ1) is 10.2. The van der Waals surface area contributed by atoms with E-state index in [9.17, 15) is 0 Å². The maximum atomic E-state index is 4.54. The molecular weight excluding hydrogens is 262 g/mol. The molecule has 2 aromatic rings. The maximum absolute atomic E-state index is 4.54. The van der Waals surface area contributed by atoms with Gasteiger partial charge in [-0.3, -0.25) is 4.90 Å². The van der Waals surface area contributed by atoms with Crippen LogP contribution < -0.4 is 0 Å². The molecule has 21 heavy (non-hydrogen) atoms. The van der Waals surface area contributed by atoms with Crippen molar-refractivity contribution in [3.05, 3.63) is 41.0 Å². The Bertz CT molecular complexity index is 604. The molecule has 0 aliphatic carbocycles. The number of nitrogens with zero attached hydrogens (tertiary/aromatic N) is 4. The van der Waals surface area contributed by atoms with E-state index < -0.39 is 0 Å². The van der Waals surface area contributed by atoms with E-state index in [0.717, 1.165) is 44.1 Å². The summed E-state index contributed by atoms with van der Waals surface area (Å²) in [5.41, 5.74) is 3.68. The molecule has 0 fully saturated rings. The number of imidazole rings is 1. The third-order valence-corrected chi connectivity index (χ3v) is 3.98. The summed E-state index contributed by atoms with van der Waals surface area (Å²) in [6, 6.07) is 0. The monoisotopic (exact) mass is 285 g/mol. The van der Waals surface area contributed by atoms with E-state index in [1.54, 1.807) is 0 Å². The summed E-state index contributed by atoms with van der Waals surface area (Å²) in [6.45, 7) is 7.06. The van der Waals surface area contributed by atoms with E-state index in [4.69, 9.17) is 0 Å². The third-order valence-electron chi connectivity index (χ3n) is 3.98. The molecule has 0 spiro atoms. The molecule has 112 valence electrons. The van der Waals surface area contributed by atoms with Crippen LogP contribution in [0.1, 0.15) is 48.4 Å². The number of fused-ring (bicyclic) bond motifs is 1. The first-order valence-electron chi connectivity index (χ1n) is 7.81. The van der Waals surface area contributed by atoms with Gasteiger partial charge in [-0.15, -0.1) is 0 Å². The summed E-state index contributed by atoms with van der Waals surface area (Å²) in [7, 11) is 0. The van der Waals surface area contributed by atoms with Crippen LogP contribution in [0.3, 0.4) is 0 Å². The molecule has 0 radical (unpaired) electrons. The number of rotatable bonds is 5. The van der Waals surface area contributed by atoms with E-state index >= 15 is 0 Å². The van der Waals surface area contributed by atoms with Crippen molar-refractivity contribution in [2.75, 3.05) is 6.54 Å². The molecule has 5 heteroatoms. The Balaban J connectivity index is 1.61. The molecule has 1 N–H and O–H groups in total. The minimum absolute atomic E-state index is 0.872. The van der Waals surface area contributed by atoms with Crippen molar-refractivity contribution in [3.63, 3.8) is 0 Å². The highest BCUT2D eigenvalue weighted by Gasteiger charge is 2.18. The zero-order chi connectivity index (χ0) is 14.7. The lowest BCUT2D eigenvalue weighted by Crippen LogP contribution is -2.31. The van der Waals surface area contributed by atoms with E-state index in [2.05, 4.69) is 31.8 Å². The van der Waals surface area contributed by atoms with Crippen LogP contribution in [0, 0.1) is 6.92 Å². The van der Waals surface area contributed by atoms with Crippen LogP contribution in [0.5, 0.6) is 0 Å². The maximum Gasteiger partial charge on any atom is 0.125 e. The Labute approximate surface area is 125 Å². The second-order valence-electron chi connectivity index (χ2n) is 5.81. The lowest BCUT2D eigenvalue weighted by molar-refractivity contribution is 0.240. The molecular formula is C16H23N5. The highest BCUT2D eigenvalue weighted by molar-refractivity contribution is 5.20. The van der Waals surface area contributed by atoms with Crippen molar-refractivity contribution >= 4 is 0 Å². The molecule has 3 rings (SSSR count). The van der Waals surface area contributed by atoms with Crippen molar-refractivity contribution < 1.29 is 0 Å². The minimum atomic E-state index is 0.872. The van der Waals surface area contributed by atoms with E-state index in [-0.39, 0.29) is 0 Å². The SMILES string of the molecule is CCCCc1ncc(CN2CCc3nc(C)ncc3C2)[nH]1. The Morgan fingerprint density at radius 3 is 3.05 bits per heavy atom. The lowest BCUT2D eigenvalue weighted by atomic mass is 10.1. The fourth-order valence-corrected chi connectivity index (χ4v) is 2.81. The van der Waals surface area contributed by atoms with Gasteiger partial charge in [-0.25, -0.2) is 15.0 Å². The van der Waals surface area contributed by atoms with Gasteiger partial charge < -0.3 is 4.98 Å². The molecule has 0 amide bonds. The van der Waals surface area contributed by atoms with E-state index in [1.165, 1.54) is 29.8 Å². The van der Waals surface area contributed by atoms with Crippen LogP contribution in [-0.2, 0) is 25.9 Å². The predicted molar refractivity (Wildman–Crippen MR) is 81.8 cm³/mol. The van der Waals surface area contributed by atoms with Crippen molar-refractivity contribution in [2.45, 2.75) is 52.6 Å². The van der Waals surface area contributed by atoms with Gasteiger partial charge in [0.2, 0.25) is 0 Å². The Hall–Kier alpha value is -1.75. The summed E-state index contributed by atoms with van der Waals surface area (Å²) in [5.74, 6) is 1.99. The molecule has 1 aliphatic rings. The third kappa shape index (κ3) is 3.47. The average Bonchev–Trinajstić information content (AvgIpc) is 2.93. The number of aromatic amines is 1. The van der Waals surface area contributed by atoms with Gasteiger partial charge >= 0.3 is 0 Å². The van der Waals surface area contributed by atoms with Crippen molar-refractivity contribution in [3.8, 4) is 0 Å². The Morgan fingerprint density at radius 2 is 2.19 bits per heavy atom. The van der Waals surface area contributed by atoms with Crippen LogP contribution in [0.15, 0.2) is 12.4 Å². The summed E-state index contributed by atoms with van der Waals surface area (Å²) < 4.78 is 0. The van der Waals surface area contributed by atoms with E-state index in [0.29, 0.717) is 0 Å². The van der Waals surface area contributed by atoms with Crippen LogP contribution in [0.25, 0.3) is 0 Å². The molecule has 0 saturated heterocycles. The van der Waals surface area contributed by atoms with Gasteiger partial charge in [0, 0.05) is 61.8 Å². The second-order valence-corrected chi connectivity index (χ2v) is 5.81. The van der Waals surface area contributed by atoms with Crippen LogP contribution >= 0.6 is 0 Å². The van der Waals surface area contributed by atoms with Crippen molar-refractivity contribution in [2.24, 2.45) is 0 Å². The topological polar surface area (TPSA) is 57.7 Å². The number of unbranched alkanes of at least 4 members (excludes halogenated alkanes) is 1. The number of aromatic nitrogens is 4. The first kappa shape index (κ1) is 14.2. The number of H-pyrrole nitrogens is 1. The number of hydrogen-bond donors (Lipinski definition) is 1. The van der Waals surface area contributed by atoms with E-state index in [1.807, 2.05) is 19.3 Å². The normalized spacial score (nSPS) is 15.1. The van der Waals surface area contributed by atoms with Crippen LogP contribution in [0.2, 0.25) is 0 Å². The molecule has 3 heterocycles. The smallest absolute Gasteiger partial charge is 0.125 e. The summed E-state index contributed by atoms with van der Waals surface area (Å²) in [4.78, 5) is 19.2. The lowest BCUT2D eigenvalue weighted by Gasteiger charge is -2.27. The zero-order valence-corrected chi connectivity index (χ0v) is 12.9. The minimum Gasteiger partial charge on any atom is -0.345 e. The first-order valence-corrected chi connectivity index (χ1v) is 7.81. The Morgan fingerprint density at radius 1 is 1.29 bits per heavy atom. The highest BCUT2D eigenvalue weighted by atomic mass is 15.1. The number of aryl methyl sites for hydroxylation is 2. The van der Waals surface area contributed by atoms with Crippen LogP contribution in [0.4, 0.5) is 0 Å². The molecule has 0 aromatic carbocycles. The zero-order valence-electron chi connectivity index (χ0n) is 12.9. The largest absolute Gasteiger partial charge is 0.345 e. The molecule has 0 saturated carbocycles. The van der Waals surface area contributed by atoms with Gasteiger partial charge in [-0.1, -0.05) is 13.3 Å². The fraction of sp³-hybridized carbons (Fsp3) is 0.562. The molecule has 2 aromatic heterocycles. The number of hydrogen-bond acceptors (Lipinski definition) is 4. The summed E-state index contributed by atoms with van der Waals surface area (Å²) >= 11 is 0. The van der Waals surface area contributed by atoms with Gasteiger partial charge in [-0.05, 0) is 13.3 Å². The fourth-order valence-electron chi connectivity index (χ4n) is 2.81. The second kappa shape index (κ2) is 6.35. The highest BCUT2D eigenvalue weighted by Crippen LogP contribution is 2.18. The van der Waals surface area contributed by atoms with Crippen molar-refractivity contribution in [1.82, 2.24) is 24.8 Å². The van der Waals surface area contributed by atoms with Gasteiger partial charge in [0.1, 0.15) is 11.6 Å². The number of nitrogens with one attached hydrogen (secondary N) is 1. The van der Waals surface area contributed by atoms with Crippen molar-refractivity contribution in [1.29, 1.82) is 0 Å². The Kier molecular flexibility index (Phi) is 4.29. The average molecular weight is 285 g/mol. The molecule has 5 nitrogen and oxygen atoms in total. The molecule has 0 unspecified atom stereocenters. The molecule has 0 atom stereocenters. The van der Waals surface area contributed by atoms with Gasteiger partial charge in [-0.2, -0.15) is 0 Å². The predicted octanol–water partition coefficient (Wildman–Crippen LogP) is 2.41. The van der Waals surface area contributed by atoms with Crippen LogP contribution in [-0.4, -0.2) is 31.4 Å². The van der Waals surface area contributed by atoms with Gasteiger partial charge in [0.25, 0.3) is 0 Å². The summed E-state index contributed by atoms with van der Waals surface area (Å²) in [6.07, 6.45) is 8.41. The van der Waals surface area contributed by atoms with Gasteiger partial charge in [0.15, 0.2) is 0 Å². The van der Waals surface area contributed by atoms with Gasteiger partial charge in [0.05, 0.1) is 0 Å².